The van der Waals surface area contributed by atoms with Gasteiger partial charge in [0, 0.05) is 5.02 Å². The zero-order valence-electron chi connectivity index (χ0n) is 7.50. The molecule has 0 aromatic heterocycles. The molecule has 0 spiro atoms. The van der Waals surface area contributed by atoms with Crippen molar-refractivity contribution in [1.82, 2.24) is 5.43 Å². The standard InChI is InChI=1S/C9H11ClN2O2/c10-8-3-1-2-7(4-8)5-14-6-9(13)12-11/h1-4H,5-6,11H2,(H,12,13). The van der Waals surface area contributed by atoms with E-state index < -0.39 is 0 Å². The van der Waals surface area contributed by atoms with Crippen molar-refractivity contribution in [2.24, 2.45) is 5.84 Å². The predicted molar refractivity (Wildman–Crippen MR) is 53.4 cm³/mol. The van der Waals surface area contributed by atoms with Crippen LogP contribution in [0, 0.1) is 0 Å². The molecule has 0 aliphatic rings. The van der Waals surface area contributed by atoms with Gasteiger partial charge in [-0.25, -0.2) is 5.84 Å². The molecule has 1 amide bonds. The maximum atomic E-state index is 10.7. The van der Waals surface area contributed by atoms with Crippen LogP contribution in [-0.4, -0.2) is 12.5 Å². The summed E-state index contributed by atoms with van der Waals surface area (Å²) in [6.07, 6.45) is 0. The van der Waals surface area contributed by atoms with Crippen LogP contribution in [0.3, 0.4) is 0 Å². The summed E-state index contributed by atoms with van der Waals surface area (Å²) in [7, 11) is 0. The largest absolute Gasteiger partial charge is 0.367 e. The Morgan fingerprint density at radius 1 is 1.57 bits per heavy atom. The van der Waals surface area contributed by atoms with Crippen LogP contribution in [0.2, 0.25) is 5.02 Å². The smallest absolute Gasteiger partial charge is 0.259 e. The van der Waals surface area contributed by atoms with E-state index in [1.807, 2.05) is 17.6 Å². The van der Waals surface area contributed by atoms with Crippen LogP contribution in [-0.2, 0) is 16.1 Å². The lowest BCUT2D eigenvalue weighted by Crippen LogP contribution is -2.33. The van der Waals surface area contributed by atoms with Crippen LogP contribution in [0.4, 0.5) is 0 Å². The summed E-state index contributed by atoms with van der Waals surface area (Å²) in [4.78, 5) is 10.7. The molecule has 0 aliphatic heterocycles. The molecule has 1 aromatic rings. The predicted octanol–water partition coefficient (Wildman–Crippen LogP) is 0.847. The fourth-order valence-corrected chi connectivity index (χ4v) is 1.14. The molecule has 0 saturated heterocycles. The number of hydrogen-bond acceptors (Lipinski definition) is 3. The first-order chi connectivity index (χ1) is 6.72. The Labute approximate surface area is 87.0 Å². The number of amides is 1. The highest BCUT2D eigenvalue weighted by Gasteiger charge is 1.98. The van der Waals surface area contributed by atoms with Gasteiger partial charge < -0.3 is 4.74 Å². The molecular weight excluding hydrogens is 204 g/mol. The summed E-state index contributed by atoms with van der Waals surface area (Å²) in [6, 6.07) is 7.25. The third-order valence-electron chi connectivity index (χ3n) is 1.55. The molecular formula is C9H11ClN2O2. The van der Waals surface area contributed by atoms with Crippen molar-refractivity contribution in [2.75, 3.05) is 6.61 Å². The van der Waals surface area contributed by atoms with E-state index in [-0.39, 0.29) is 12.5 Å². The van der Waals surface area contributed by atoms with Crippen molar-refractivity contribution in [3.8, 4) is 0 Å². The van der Waals surface area contributed by atoms with Crippen molar-refractivity contribution in [3.63, 3.8) is 0 Å². The van der Waals surface area contributed by atoms with Gasteiger partial charge in [0.15, 0.2) is 0 Å². The average molecular weight is 215 g/mol. The van der Waals surface area contributed by atoms with E-state index in [1.54, 1.807) is 12.1 Å². The number of nitrogens with one attached hydrogen (secondary N) is 1. The highest BCUT2D eigenvalue weighted by Crippen LogP contribution is 2.11. The Bertz CT molecular complexity index is 317. The summed E-state index contributed by atoms with van der Waals surface area (Å²) in [5.74, 6) is 4.52. The Hall–Kier alpha value is -1.10. The fraction of sp³-hybridized carbons (Fsp3) is 0.222. The lowest BCUT2D eigenvalue weighted by atomic mass is 10.2. The SMILES string of the molecule is NNC(=O)COCc1cccc(Cl)c1. The summed E-state index contributed by atoms with van der Waals surface area (Å²) in [5, 5.41) is 0.648. The summed E-state index contributed by atoms with van der Waals surface area (Å²) < 4.78 is 5.08. The van der Waals surface area contributed by atoms with Gasteiger partial charge in [-0.15, -0.1) is 0 Å². The molecule has 0 unspecified atom stereocenters. The van der Waals surface area contributed by atoms with Crippen molar-refractivity contribution < 1.29 is 9.53 Å². The van der Waals surface area contributed by atoms with Gasteiger partial charge in [-0.2, -0.15) is 0 Å². The minimum Gasteiger partial charge on any atom is -0.367 e. The molecule has 4 nitrogen and oxygen atoms in total. The van der Waals surface area contributed by atoms with Gasteiger partial charge >= 0.3 is 0 Å². The van der Waals surface area contributed by atoms with Gasteiger partial charge in [-0.1, -0.05) is 23.7 Å². The van der Waals surface area contributed by atoms with Gasteiger partial charge in [-0.3, -0.25) is 10.2 Å². The van der Waals surface area contributed by atoms with Crippen LogP contribution >= 0.6 is 11.6 Å². The fourth-order valence-electron chi connectivity index (χ4n) is 0.930. The van der Waals surface area contributed by atoms with Gasteiger partial charge in [0.2, 0.25) is 0 Å². The van der Waals surface area contributed by atoms with E-state index in [0.29, 0.717) is 11.6 Å². The van der Waals surface area contributed by atoms with Crippen LogP contribution in [0.15, 0.2) is 24.3 Å². The number of benzene rings is 1. The number of halogens is 1. The number of hydrazine groups is 1. The monoisotopic (exact) mass is 214 g/mol. The quantitative estimate of drug-likeness (QED) is 0.444. The van der Waals surface area contributed by atoms with Gasteiger partial charge in [-0.05, 0) is 17.7 Å². The number of hydrogen-bond donors (Lipinski definition) is 2. The number of ether oxygens (including phenoxy) is 1. The number of carbonyl (C=O) groups excluding carboxylic acids is 1. The minimum absolute atomic E-state index is 0.0526. The molecule has 5 heteroatoms. The van der Waals surface area contributed by atoms with Gasteiger partial charge in [0.1, 0.15) is 6.61 Å². The maximum Gasteiger partial charge on any atom is 0.259 e. The van der Waals surface area contributed by atoms with Crippen LogP contribution < -0.4 is 11.3 Å². The van der Waals surface area contributed by atoms with Crippen LogP contribution in [0.25, 0.3) is 0 Å². The van der Waals surface area contributed by atoms with Crippen LogP contribution in [0.5, 0.6) is 0 Å². The number of rotatable bonds is 4. The second kappa shape index (κ2) is 5.59. The van der Waals surface area contributed by atoms with Crippen molar-refractivity contribution >= 4 is 17.5 Å². The molecule has 0 aliphatic carbocycles. The van der Waals surface area contributed by atoms with E-state index >= 15 is 0 Å². The second-order valence-corrected chi connectivity index (χ2v) is 3.13. The first-order valence-corrected chi connectivity index (χ1v) is 4.42. The molecule has 0 radical (unpaired) electrons. The van der Waals surface area contributed by atoms with E-state index in [4.69, 9.17) is 22.2 Å². The molecule has 14 heavy (non-hydrogen) atoms. The second-order valence-electron chi connectivity index (χ2n) is 2.69. The lowest BCUT2D eigenvalue weighted by molar-refractivity contribution is -0.126. The first kappa shape index (κ1) is 11.0. The normalized spacial score (nSPS) is 9.86. The lowest BCUT2D eigenvalue weighted by Gasteiger charge is -2.03. The average Bonchev–Trinajstić information content (AvgIpc) is 2.17. The molecule has 0 bridgehead atoms. The summed E-state index contributed by atoms with van der Waals surface area (Å²) in [6.45, 7) is 0.289. The first-order valence-electron chi connectivity index (χ1n) is 4.04. The third-order valence-corrected chi connectivity index (χ3v) is 1.79. The van der Waals surface area contributed by atoms with E-state index in [0.717, 1.165) is 5.56 Å². The molecule has 1 rings (SSSR count). The van der Waals surface area contributed by atoms with Crippen molar-refractivity contribution in [3.05, 3.63) is 34.9 Å². The maximum absolute atomic E-state index is 10.7. The molecule has 0 heterocycles. The Balaban J connectivity index is 2.35. The van der Waals surface area contributed by atoms with Gasteiger partial charge in [0.25, 0.3) is 5.91 Å². The zero-order chi connectivity index (χ0) is 10.4. The zero-order valence-corrected chi connectivity index (χ0v) is 8.25. The van der Waals surface area contributed by atoms with E-state index in [2.05, 4.69) is 0 Å². The van der Waals surface area contributed by atoms with Gasteiger partial charge in [0.05, 0.1) is 6.61 Å². The topological polar surface area (TPSA) is 64.3 Å². The molecule has 3 N–H and O–H groups in total. The molecule has 76 valence electrons. The Kier molecular flexibility index (Phi) is 4.39. The van der Waals surface area contributed by atoms with Crippen molar-refractivity contribution in [2.45, 2.75) is 6.61 Å². The highest BCUT2D eigenvalue weighted by atomic mass is 35.5. The Morgan fingerprint density at radius 3 is 3.00 bits per heavy atom. The molecule has 0 fully saturated rings. The van der Waals surface area contributed by atoms with Crippen LogP contribution in [0.1, 0.15) is 5.56 Å². The number of carbonyl (C=O) groups is 1. The minimum atomic E-state index is -0.355. The van der Waals surface area contributed by atoms with E-state index in [9.17, 15) is 4.79 Å². The highest BCUT2D eigenvalue weighted by molar-refractivity contribution is 6.30. The molecule has 1 aromatic carbocycles. The third kappa shape index (κ3) is 3.74. The Morgan fingerprint density at radius 2 is 2.36 bits per heavy atom. The number of nitrogens with two attached hydrogens (primary N) is 1. The summed E-state index contributed by atoms with van der Waals surface area (Å²) in [5.41, 5.74) is 2.89. The summed E-state index contributed by atoms with van der Waals surface area (Å²) >= 11 is 5.76. The molecule has 0 saturated carbocycles. The van der Waals surface area contributed by atoms with Crippen molar-refractivity contribution in [1.29, 1.82) is 0 Å². The molecule has 0 atom stereocenters. The van der Waals surface area contributed by atoms with E-state index in [1.165, 1.54) is 0 Å².